The molecular weight excluding hydrogens is 219 g/mol. The Bertz CT molecular complexity index is 389. The second kappa shape index (κ2) is 4.20. The van der Waals surface area contributed by atoms with Gasteiger partial charge in [-0.25, -0.2) is 4.39 Å². The molecule has 0 radical (unpaired) electrons. The van der Waals surface area contributed by atoms with Crippen molar-refractivity contribution < 1.29 is 17.9 Å². The quantitative estimate of drug-likeness (QED) is 0.769. The van der Waals surface area contributed by atoms with Gasteiger partial charge in [0.15, 0.2) is 0 Å². The third kappa shape index (κ3) is 2.30. The molecule has 0 fully saturated rings. The van der Waals surface area contributed by atoms with Gasteiger partial charge in [-0.2, -0.15) is 14.0 Å². The van der Waals surface area contributed by atoms with Gasteiger partial charge in [0.2, 0.25) is 0 Å². The third-order valence-electron chi connectivity index (χ3n) is 1.35. The molecule has 0 unspecified atom stereocenters. The zero-order valence-corrected chi connectivity index (χ0v) is 7.36. The highest BCUT2D eigenvalue weighted by Gasteiger charge is 2.14. The summed E-state index contributed by atoms with van der Waals surface area (Å²) in [5.74, 6) is -1.41. The molecule has 2 nitrogen and oxygen atoms in total. The summed E-state index contributed by atoms with van der Waals surface area (Å²) in [7, 11) is 0. The number of halogens is 4. The maximum absolute atomic E-state index is 12.7. The first-order valence-corrected chi connectivity index (χ1v) is 3.76. The Balaban J connectivity index is 3.20. The molecule has 0 saturated carbocycles. The minimum absolute atomic E-state index is 0.261. The standard InChI is InChI=1S/C8H3ClF3NO/c9-6-1-4(10)2-7(5(6)3-13)14-8(11)12/h1-2,8H. The molecule has 0 aliphatic carbocycles. The van der Waals surface area contributed by atoms with Crippen LogP contribution in [0.15, 0.2) is 12.1 Å². The number of nitriles is 1. The molecule has 6 heteroatoms. The first-order valence-electron chi connectivity index (χ1n) is 3.38. The maximum Gasteiger partial charge on any atom is 0.387 e. The van der Waals surface area contributed by atoms with Crippen molar-refractivity contribution in [2.75, 3.05) is 0 Å². The first-order chi connectivity index (χ1) is 6.54. The normalized spacial score (nSPS) is 10.0. The Morgan fingerprint density at radius 1 is 1.43 bits per heavy atom. The van der Waals surface area contributed by atoms with Crippen LogP contribution in [0, 0.1) is 17.1 Å². The van der Waals surface area contributed by atoms with Crippen molar-refractivity contribution >= 4 is 11.6 Å². The number of ether oxygens (including phenoxy) is 1. The first kappa shape index (κ1) is 10.7. The zero-order chi connectivity index (χ0) is 10.7. The van der Waals surface area contributed by atoms with E-state index in [4.69, 9.17) is 16.9 Å². The number of alkyl halides is 2. The largest absolute Gasteiger partial charge is 0.433 e. The van der Waals surface area contributed by atoms with Crippen LogP contribution < -0.4 is 4.74 Å². The number of rotatable bonds is 2. The fourth-order valence-electron chi connectivity index (χ4n) is 0.847. The van der Waals surface area contributed by atoms with E-state index in [0.717, 1.165) is 6.07 Å². The van der Waals surface area contributed by atoms with Crippen molar-refractivity contribution in [3.8, 4) is 11.8 Å². The summed E-state index contributed by atoms with van der Waals surface area (Å²) in [6, 6.07) is 3.06. The molecule has 0 bridgehead atoms. The molecule has 74 valence electrons. The Kier molecular flexibility index (Phi) is 3.20. The van der Waals surface area contributed by atoms with Crippen molar-refractivity contribution in [3.05, 3.63) is 28.5 Å². The summed E-state index contributed by atoms with van der Waals surface area (Å²) >= 11 is 5.43. The van der Waals surface area contributed by atoms with Crippen LogP contribution in [-0.2, 0) is 0 Å². The molecule has 0 spiro atoms. The molecule has 0 heterocycles. The average Bonchev–Trinajstić information content (AvgIpc) is 2.01. The monoisotopic (exact) mass is 221 g/mol. The van der Waals surface area contributed by atoms with E-state index in [2.05, 4.69) is 4.74 Å². The van der Waals surface area contributed by atoms with Crippen molar-refractivity contribution in [1.82, 2.24) is 0 Å². The van der Waals surface area contributed by atoms with E-state index in [1.165, 1.54) is 6.07 Å². The van der Waals surface area contributed by atoms with Crippen molar-refractivity contribution in [1.29, 1.82) is 5.26 Å². The highest BCUT2D eigenvalue weighted by molar-refractivity contribution is 6.31. The van der Waals surface area contributed by atoms with Crippen LogP contribution >= 0.6 is 11.6 Å². The molecule has 0 saturated heterocycles. The predicted octanol–water partition coefficient (Wildman–Crippen LogP) is 2.95. The lowest BCUT2D eigenvalue weighted by atomic mass is 10.2. The molecule has 0 N–H and O–H groups in total. The van der Waals surface area contributed by atoms with Gasteiger partial charge in [-0.05, 0) is 6.07 Å². The molecule has 1 aromatic carbocycles. The predicted molar refractivity (Wildman–Crippen MR) is 42.8 cm³/mol. The number of hydrogen-bond donors (Lipinski definition) is 0. The second-order valence-electron chi connectivity index (χ2n) is 2.25. The van der Waals surface area contributed by atoms with Crippen molar-refractivity contribution in [3.63, 3.8) is 0 Å². The van der Waals surface area contributed by atoms with E-state index in [1.54, 1.807) is 0 Å². The highest BCUT2D eigenvalue weighted by atomic mass is 35.5. The van der Waals surface area contributed by atoms with Crippen LogP contribution in [-0.4, -0.2) is 6.61 Å². The second-order valence-corrected chi connectivity index (χ2v) is 2.66. The highest BCUT2D eigenvalue weighted by Crippen LogP contribution is 2.28. The number of benzene rings is 1. The Hall–Kier alpha value is -1.41. The van der Waals surface area contributed by atoms with E-state index in [1.807, 2.05) is 0 Å². The summed E-state index contributed by atoms with van der Waals surface area (Å²) in [4.78, 5) is 0. The van der Waals surface area contributed by atoms with Gasteiger partial charge in [-0.1, -0.05) is 11.6 Å². The molecule has 0 aliphatic rings. The van der Waals surface area contributed by atoms with Gasteiger partial charge in [0.25, 0.3) is 0 Å². The molecule has 0 atom stereocenters. The van der Waals surface area contributed by atoms with E-state index in [0.29, 0.717) is 6.07 Å². The van der Waals surface area contributed by atoms with Gasteiger partial charge in [-0.15, -0.1) is 0 Å². The average molecular weight is 222 g/mol. The van der Waals surface area contributed by atoms with E-state index >= 15 is 0 Å². The van der Waals surface area contributed by atoms with Crippen LogP contribution in [0.5, 0.6) is 5.75 Å². The fraction of sp³-hybridized carbons (Fsp3) is 0.125. The lowest BCUT2D eigenvalue weighted by molar-refractivity contribution is -0.0501. The Morgan fingerprint density at radius 2 is 2.07 bits per heavy atom. The van der Waals surface area contributed by atoms with Crippen molar-refractivity contribution in [2.24, 2.45) is 0 Å². The van der Waals surface area contributed by atoms with E-state index in [-0.39, 0.29) is 10.6 Å². The number of hydrogen-bond acceptors (Lipinski definition) is 2. The summed E-state index contributed by atoms with van der Waals surface area (Å²) in [5, 5.41) is 8.26. The third-order valence-corrected chi connectivity index (χ3v) is 1.64. The van der Waals surface area contributed by atoms with Crippen LogP contribution in [0.1, 0.15) is 5.56 Å². The molecule has 0 amide bonds. The van der Waals surface area contributed by atoms with E-state index in [9.17, 15) is 13.2 Å². The summed E-state index contributed by atoms with van der Waals surface area (Å²) in [6.45, 7) is -3.13. The van der Waals surface area contributed by atoms with Crippen LogP contribution in [0.3, 0.4) is 0 Å². The molecule has 0 aromatic heterocycles. The zero-order valence-electron chi connectivity index (χ0n) is 6.60. The minimum Gasteiger partial charge on any atom is -0.433 e. The SMILES string of the molecule is N#Cc1c(Cl)cc(F)cc1OC(F)F. The van der Waals surface area contributed by atoms with Gasteiger partial charge >= 0.3 is 6.61 Å². The van der Waals surface area contributed by atoms with Crippen LogP contribution in [0.2, 0.25) is 5.02 Å². The Labute approximate surface area is 82.5 Å². The summed E-state index contributed by atoms with van der Waals surface area (Å²) < 4.78 is 40.2. The molecule has 14 heavy (non-hydrogen) atoms. The minimum atomic E-state index is -3.13. The topological polar surface area (TPSA) is 33.0 Å². The Morgan fingerprint density at radius 3 is 2.57 bits per heavy atom. The van der Waals surface area contributed by atoms with Gasteiger partial charge in [0.1, 0.15) is 23.2 Å². The molecule has 1 aromatic rings. The van der Waals surface area contributed by atoms with Crippen molar-refractivity contribution in [2.45, 2.75) is 6.61 Å². The molecule has 1 rings (SSSR count). The lowest BCUT2D eigenvalue weighted by Crippen LogP contribution is -2.04. The summed E-state index contributed by atoms with van der Waals surface area (Å²) in [6.07, 6.45) is 0. The number of nitrogens with zero attached hydrogens (tertiary/aromatic N) is 1. The molecule has 0 aliphatic heterocycles. The van der Waals surface area contributed by atoms with E-state index < -0.39 is 18.2 Å². The maximum atomic E-state index is 12.7. The van der Waals surface area contributed by atoms with Gasteiger partial charge < -0.3 is 4.74 Å². The van der Waals surface area contributed by atoms with Gasteiger partial charge in [-0.3, -0.25) is 0 Å². The van der Waals surface area contributed by atoms with Gasteiger partial charge in [0.05, 0.1) is 5.02 Å². The van der Waals surface area contributed by atoms with Gasteiger partial charge in [0, 0.05) is 6.07 Å². The van der Waals surface area contributed by atoms with Crippen LogP contribution in [0.4, 0.5) is 13.2 Å². The van der Waals surface area contributed by atoms with Crippen LogP contribution in [0.25, 0.3) is 0 Å². The molecular formula is C8H3ClF3NO. The fourth-order valence-corrected chi connectivity index (χ4v) is 1.09. The lowest BCUT2D eigenvalue weighted by Gasteiger charge is -2.07. The summed E-state index contributed by atoms with van der Waals surface area (Å²) in [5.41, 5.74) is -0.312. The smallest absolute Gasteiger partial charge is 0.387 e.